The van der Waals surface area contributed by atoms with Gasteiger partial charge in [-0.15, -0.1) is 0 Å². The van der Waals surface area contributed by atoms with Gasteiger partial charge in [0.2, 0.25) is 0 Å². The summed E-state index contributed by atoms with van der Waals surface area (Å²) in [5.74, 6) is 0.432. The van der Waals surface area contributed by atoms with Crippen LogP contribution in [0, 0.1) is 0 Å². The van der Waals surface area contributed by atoms with Crippen molar-refractivity contribution < 1.29 is 9.53 Å². The first kappa shape index (κ1) is 20.4. The second-order valence-corrected chi connectivity index (χ2v) is 7.87. The second kappa shape index (κ2) is 9.78. The normalized spacial score (nSPS) is 14.4. The summed E-state index contributed by atoms with van der Waals surface area (Å²) in [6, 6.07) is 16.8. The number of amides is 1. The van der Waals surface area contributed by atoms with E-state index in [0.717, 1.165) is 12.2 Å². The van der Waals surface area contributed by atoms with Gasteiger partial charge in [0.1, 0.15) is 11.4 Å². The number of anilines is 1. The SMILES string of the molecule is O=C(Nc1ccc(CN2CCCCC2)cc1)c1ccnn1COc1ccc(Cl)cc1. The first-order valence-corrected chi connectivity index (χ1v) is 10.6. The Bertz CT molecular complexity index is 964. The third kappa shape index (κ3) is 5.40. The number of hydrogen-bond acceptors (Lipinski definition) is 4. The summed E-state index contributed by atoms with van der Waals surface area (Å²) in [6.45, 7) is 3.43. The highest BCUT2D eigenvalue weighted by molar-refractivity contribution is 6.30. The van der Waals surface area contributed by atoms with Crippen LogP contribution in [0.3, 0.4) is 0 Å². The number of carbonyl (C=O) groups excluding carboxylic acids is 1. The summed E-state index contributed by atoms with van der Waals surface area (Å²) in [7, 11) is 0. The average Bonchev–Trinajstić information content (AvgIpc) is 3.24. The lowest BCUT2D eigenvalue weighted by molar-refractivity contribution is 0.100. The van der Waals surface area contributed by atoms with Crippen molar-refractivity contribution in [2.45, 2.75) is 32.5 Å². The van der Waals surface area contributed by atoms with Crippen molar-refractivity contribution in [3.05, 3.63) is 77.1 Å². The largest absolute Gasteiger partial charge is 0.471 e. The summed E-state index contributed by atoms with van der Waals surface area (Å²) in [4.78, 5) is 15.2. The summed E-state index contributed by atoms with van der Waals surface area (Å²) >= 11 is 5.89. The van der Waals surface area contributed by atoms with E-state index >= 15 is 0 Å². The molecule has 1 aliphatic rings. The summed E-state index contributed by atoms with van der Waals surface area (Å²) in [5.41, 5.74) is 2.45. The highest BCUT2D eigenvalue weighted by Crippen LogP contribution is 2.18. The van der Waals surface area contributed by atoms with Crippen LogP contribution < -0.4 is 10.1 Å². The molecule has 0 bridgehead atoms. The van der Waals surface area contributed by atoms with Crippen LogP contribution in [-0.4, -0.2) is 33.7 Å². The number of carbonyl (C=O) groups is 1. The molecule has 1 aromatic heterocycles. The van der Waals surface area contributed by atoms with Crippen LogP contribution in [0.5, 0.6) is 5.75 Å². The fourth-order valence-corrected chi connectivity index (χ4v) is 3.69. The molecule has 1 N–H and O–H groups in total. The van der Waals surface area contributed by atoms with Crippen LogP contribution in [0.1, 0.15) is 35.3 Å². The average molecular weight is 425 g/mol. The molecule has 0 saturated carbocycles. The zero-order valence-electron chi connectivity index (χ0n) is 16.8. The summed E-state index contributed by atoms with van der Waals surface area (Å²) in [6.07, 6.45) is 5.48. The third-order valence-electron chi connectivity index (χ3n) is 5.18. The standard InChI is InChI=1S/C23H25ClN4O2/c24-19-6-10-21(11-7-19)30-17-28-22(12-13-25-28)23(29)26-20-8-4-18(5-9-20)16-27-14-2-1-3-15-27/h4-13H,1-3,14-17H2,(H,26,29). The Morgan fingerprint density at radius 2 is 1.73 bits per heavy atom. The van der Waals surface area contributed by atoms with Crippen molar-refractivity contribution in [3.8, 4) is 5.75 Å². The van der Waals surface area contributed by atoms with Crippen LogP contribution in [0.25, 0.3) is 0 Å². The number of likely N-dealkylation sites (tertiary alicyclic amines) is 1. The Morgan fingerprint density at radius 3 is 2.47 bits per heavy atom. The molecule has 1 saturated heterocycles. The second-order valence-electron chi connectivity index (χ2n) is 7.43. The van der Waals surface area contributed by atoms with Crippen molar-refractivity contribution in [1.82, 2.24) is 14.7 Å². The van der Waals surface area contributed by atoms with Gasteiger partial charge in [-0.3, -0.25) is 9.69 Å². The van der Waals surface area contributed by atoms with Gasteiger partial charge in [0.15, 0.2) is 6.73 Å². The Balaban J connectivity index is 1.33. The first-order valence-electron chi connectivity index (χ1n) is 10.2. The van der Waals surface area contributed by atoms with Crippen molar-refractivity contribution in [1.29, 1.82) is 0 Å². The molecule has 0 aliphatic carbocycles. The fraction of sp³-hybridized carbons (Fsp3) is 0.304. The number of halogens is 1. The molecule has 156 valence electrons. The Hall–Kier alpha value is -2.83. The minimum Gasteiger partial charge on any atom is -0.471 e. The number of ether oxygens (including phenoxy) is 1. The number of rotatable bonds is 7. The van der Waals surface area contributed by atoms with Gasteiger partial charge in [-0.25, -0.2) is 4.68 Å². The maximum Gasteiger partial charge on any atom is 0.274 e. The highest BCUT2D eigenvalue weighted by Gasteiger charge is 2.14. The van der Waals surface area contributed by atoms with Crippen molar-refractivity contribution >= 4 is 23.2 Å². The molecule has 0 atom stereocenters. The predicted molar refractivity (Wildman–Crippen MR) is 118 cm³/mol. The topological polar surface area (TPSA) is 59.4 Å². The van der Waals surface area contributed by atoms with Crippen LogP contribution in [0.15, 0.2) is 60.8 Å². The molecule has 3 aromatic rings. The lowest BCUT2D eigenvalue weighted by atomic mass is 10.1. The number of aromatic nitrogens is 2. The molecular formula is C23H25ClN4O2. The zero-order valence-corrected chi connectivity index (χ0v) is 17.5. The molecule has 4 rings (SSSR count). The summed E-state index contributed by atoms with van der Waals surface area (Å²) < 4.78 is 7.21. The van der Waals surface area contributed by atoms with Crippen LogP contribution >= 0.6 is 11.6 Å². The zero-order chi connectivity index (χ0) is 20.8. The van der Waals surface area contributed by atoms with Crippen LogP contribution in [-0.2, 0) is 13.3 Å². The molecule has 2 aromatic carbocycles. The number of benzene rings is 2. The highest BCUT2D eigenvalue weighted by atomic mass is 35.5. The van der Waals surface area contributed by atoms with E-state index in [1.165, 1.54) is 42.6 Å². The Morgan fingerprint density at radius 1 is 1.00 bits per heavy atom. The Kier molecular flexibility index (Phi) is 6.67. The van der Waals surface area contributed by atoms with E-state index in [0.29, 0.717) is 16.5 Å². The lowest BCUT2D eigenvalue weighted by Gasteiger charge is -2.26. The smallest absolute Gasteiger partial charge is 0.274 e. The Labute approximate surface area is 181 Å². The molecular weight excluding hydrogens is 400 g/mol. The number of nitrogens with one attached hydrogen (secondary N) is 1. The fourth-order valence-electron chi connectivity index (χ4n) is 3.56. The summed E-state index contributed by atoms with van der Waals surface area (Å²) in [5, 5.41) is 7.77. The van der Waals surface area contributed by atoms with Gasteiger partial charge in [-0.1, -0.05) is 30.2 Å². The quantitative estimate of drug-likeness (QED) is 0.591. The minimum atomic E-state index is -0.226. The van der Waals surface area contributed by atoms with Gasteiger partial charge in [0.05, 0.1) is 0 Å². The van der Waals surface area contributed by atoms with E-state index in [4.69, 9.17) is 16.3 Å². The van der Waals surface area contributed by atoms with Crippen LogP contribution in [0.2, 0.25) is 5.02 Å². The number of nitrogens with zero attached hydrogens (tertiary/aromatic N) is 3. The number of hydrogen-bond donors (Lipinski definition) is 1. The number of piperidine rings is 1. The van der Waals surface area contributed by atoms with E-state index in [9.17, 15) is 4.79 Å². The van der Waals surface area contributed by atoms with Crippen LogP contribution in [0.4, 0.5) is 5.69 Å². The molecule has 1 amide bonds. The molecule has 2 heterocycles. The van der Waals surface area contributed by atoms with E-state index in [2.05, 4.69) is 27.4 Å². The maximum atomic E-state index is 12.7. The van der Waals surface area contributed by atoms with Crippen molar-refractivity contribution in [3.63, 3.8) is 0 Å². The molecule has 6 nitrogen and oxygen atoms in total. The maximum absolute atomic E-state index is 12.7. The van der Waals surface area contributed by atoms with Crippen molar-refractivity contribution in [2.75, 3.05) is 18.4 Å². The van der Waals surface area contributed by atoms with E-state index in [1.807, 2.05) is 12.1 Å². The lowest BCUT2D eigenvalue weighted by Crippen LogP contribution is -2.29. The first-order chi connectivity index (χ1) is 14.7. The minimum absolute atomic E-state index is 0.131. The van der Waals surface area contributed by atoms with Gasteiger partial charge < -0.3 is 10.1 Å². The van der Waals surface area contributed by atoms with Gasteiger partial charge in [-0.05, 0) is 74.0 Å². The van der Waals surface area contributed by atoms with E-state index < -0.39 is 0 Å². The van der Waals surface area contributed by atoms with Gasteiger partial charge in [-0.2, -0.15) is 5.10 Å². The van der Waals surface area contributed by atoms with Crippen molar-refractivity contribution in [2.24, 2.45) is 0 Å². The molecule has 1 fully saturated rings. The molecule has 0 spiro atoms. The monoisotopic (exact) mass is 424 g/mol. The van der Waals surface area contributed by atoms with E-state index in [-0.39, 0.29) is 12.6 Å². The third-order valence-corrected chi connectivity index (χ3v) is 5.43. The van der Waals surface area contributed by atoms with Gasteiger partial charge >= 0.3 is 0 Å². The van der Waals surface area contributed by atoms with E-state index in [1.54, 1.807) is 36.5 Å². The molecule has 0 radical (unpaired) electrons. The molecule has 30 heavy (non-hydrogen) atoms. The van der Waals surface area contributed by atoms with Gasteiger partial charge in [0.25, 0.3) is 5.91 Å². The predicted octanol–water partition coefficient (Wildman–Crippen LogP) is 4.81. The molecule has 1 aliphatic heterocycles. The van der Waals surface area contributed by atoms with Gasteiger partial charge in [0, 0.05) is 23.5 Å². The molecule has 0 unspecified atom stereocenters. The molecule has 7 heteroatoms.